The van der Waals surface area contributed by atoms with E-state index in [0.717, 1.165) is 17.6 Å². The van der Waals surface area contributed by atoms with E-state index in [1.165, 1.54) is 0 Å². The highest BCUT2D eigenvalue weighted by molar-refractivity contribution is 6.37. The molecule has 2 heteroatoms. The van der Waals surface area contributed by atoms with E-state index in [1.54, 1.807) is 0 Å². The van der Waals surface area contributed by atoms with Crippen LogP contribution in [0.2, 0.25) is 10.0 Å². The number of rotatable bonds is 2. The molecule has 1 rings (SSSR count). The Balaban J connectivity index is 3.21. The minimum Gasteiger partial charge on any atom is -0.0951 e. The molecule has 0 nitrogen and oxygen atoms in total. The van der Waals surface area contributed by atoms with Crippen LogP contribution in [0.4, 0.5) is 0 Å². The molecule has 0 aromatic heterocycles. The Morgan fingerprint density at radius 2 is 1.83 bits per heavy atom. The summed E-state index contributed by atoms with van der Waals surface area (Å²) in [5, 5.41) is 1.35. The van der Waals surface area contributed by atoms with Crippen LogP contribution in [0.25, 0.3) is 5.57 Å². The number of hydrogen-bond acceptors (Lipinski definition) is 0. The highest BCUT2D eigenvalue weighted by Gasteiger charge is 2.06. The van der Waals surface area contributed by atoms with Gasteiger partial charge in [-0.15, -0.1) is 0 Å². The predicted molar refractivity (Wildman–Crippen MR) is 55.8 cm³/mol. The van der Waals surface area contributed by atoms with E-state index in [1.807, 2.05) is 25.1 Å². The number of hydrogen-bond donors (Lipinski definition) is 0. The van der Waals surface area contributed by atoms with E-state index >= 15 is 0 Å². The maximum atomic E-state index is 5.96. The van der Waals surface area contributed by atoms with Gasteiger partial charge in [-0.1, -0.05) is 42.8 Å². The molecule has 12 heavy (non-hydrogen) atoms. The minimum atomic E-state index is 0.675. The van der Waals surface area contributed by atoms with Crippen molar-refractivity contribution in [3.05, 3.63) is 40.4 Å². The molecule has 0 N–H and O–H groups in total. The molecule has 0 saturated carbocycles. The van der Waals surface area contributed by atoms with Crippen molar-refractivity contribution in [2.75, 3.05) is 0 Å². The molecule has 0 aliphatic rings. The van der Waals surface area contributed by atoms with Crippen LogP contribution >= 0.6 is 23.2 Å². The van der Waals surface area contributed by atoms with Gasteiger partial charge >= 0.3 is 0 Å². The summed E-state index contributed by atoms with van der Waals surface area (Å²) in [5.74, 6) is 0. The fourth-order valence-corrected chi connectivity index (χ4v) is 1.68. The molecule has 1 aromatic carbocycles. The first-order chi connectivity index (χ1) is 5.66. The molecule has 0 saturated heterocycles. The highest BCUT2D eigenvalue weighted by Crippen LogP contribution is 2.31. The first-order valence-electron chi connectivity index (χ1n) is 3.79. The van der Waals surface area contributed by atoms with E-state index in [0.29, 0.717) is 10.0 Å². The molecule has 0 unspecified atom stereocenters. The van der Waals surface area contributed by atoms with Gasteiger partial charge in [-0.2, -0.15) is 0 Å². The third-order valence-corrected chi connectivity index (χ3v) is 2.37. The molecule has 64 valence electrons. The Morgan fingerprint density at radius 3 is 2.25 bits per heavy atom. The molecule has 0 bridgehead atoms. The van der Waals surface area contributed by atoms with Gasteiger partial charge in [0.25, 0.3) is 0 Å². The second-order valence-electron chi connectivity index (χ2n) is 2.55. The summed E-state index contributed by atoms with van der Waals surface area (Å²) < 4.78 is 0. The van der Waals surface area contributed by atoms with Crippen LogP contribution in [0.5, 0.6) is 0 Å². The van der Waals surface area contributed by atoms with E-state index in [9.17, 15) is 0 Å². The normalized spacial score (nSPS) is 9.92. The zero-order valence-corrected chi connectivity index (χ0v) is 8.41. The summed E-state index contributed by atoms with van der Waals surface area (Å²) in [4.78, 5) is 0. The van der Waals surface area contributed by atoms with Crippen molar-refractivity contribution >= 4 is 28.8 Å². The molecule has 0 heterocycles. The Labute approximate surface area is 82.8 Å². The summed E-state index contributed by atoms with van der Waals surface area (Å²) >= 11 is 11.9. The molecular weight excluding hydrogens is 191 g/mol. The van der Waals surface area contributed by atoms with Crippen molar-refractivity contribution in [2.24, 2.45) is 0 Å². The van der Waals surface area contributed by atoms with Crippen molar-refractivity contribution in [3.8, 4) is 0 Å². The maximum Gasteiger partial charge on any atom is 0.0495 e. The van der Waals surface area contributed by atoms with E-state index in [-0.39, 0.29) is 0 Å². The van der Waals surface area contributed by atoms with Crippen molar-refractivity contribution in [2.45, 2.75) is 13.3 Å². The summed E-state index contributed by atoms with van der Waals surface area (Å²) in [6.45, 7) is 5.93. The molecule has 0 aliphatic carbocycles. The summed E-state index contributed by atoms with van der Waals surface area (Å²) in [7, 11) is 0. The van der Waals surface area contributed by atoms with E-state index < -0.39 is 0 Å². The molecule has 0 radical (unpaired) electrons. The smallest absolute Gasteiger partial charge is 0.0495 e. The minimum absolute atomic E-state index is 0.675. The standard InChI is InChI=1S/C10H10Cl2/c1-3-7(2)10-8(11)5-4-6-9(10)12/h4-6H,2-3H2,1H3. The third-order valence-electron chi connectivity index (χ3n) is 1.74. The average molecular weight is 201 g/mol. The van der Waals surface area contributed by atoms with Crippen molar-refractivity contribution in [3.63, 3.8) is 0 Å². The van der Waals surface area contributed by atoms with Crippen LogP contribution < -0.4 is 0 Å². The highest BCUT2D eigenvalue weighted by atomic mass is 35.5. The molecule has 0 fully saturated rings. The van der Waals surface area contributed by atoms with Gasteiger partial charge < -0.3 is 0 Å². The predicted octanol–water partition coefficient (Wildman–Crippen LogP) is 4.42. The van der Waals surface area contributed by atoms with Crippen molar-refractivity contribution in [1.29, 1.82) is 0 Å². The molecule has 0 amide bonds. The third kappa shape index (κ3) is 1.82. The second kappa shape index (κ2) is 3.97. The van der Waals surface area contributed by atoms with Gasteiger partial charge in [0.15, 0.2) is 0 Å². The topological polar surface area (TPSA) is 0 Å². The quantitative estimate of drug-likeness (QED) is 0.664. The first-order valence-corrected chi connectivity index (χ1v) is 4.54. The van der Waals surface area contributed by atoms with Gasteiger partial charge in [-0.3, -0.25) is 0 Å². The average Bonchev–Trinajstić information content (AvgIpc) is 2.03. The summed E-state index contributed by atoms with van der Waals surface area (Å²) in [5.41, 5.74) is 1.86. The molecule has 0 spiro atoms. The maximum absolute atomic E-state index is 5.96. The van der Waals surface area contributed by atoms with Crippen molar-refractivity contribution < 1.29 is 0 Å². The lowest BCUT2D eigenvalue weighted by Crippen LogP contribution is -1.84. The van der Waals surface area contributed by atoms with E-state index in [4.69, 9.17) is 23.2 Å². The summed E-state index contributed by atoms with van der Waals surface area (Å²) in [6, 6.07) is 5.48. The Kier molecular flexibility index (Phi) is 3.19. The fourth-order valence-electron chi connectivity index (χ4n) is 1.01. The van der Waals surface area contributed by atoms with Gasteiger partial charge in [0, 0.05) is 15.6 Å². The SMILES string of the molecule is C=C(CC)c1c(Cl)cccc1Cl. The largest absolute Gasteiger partial charge is 0.0951 e. The van der Waals surface area contributed by atoms with Gasteiger partial charge in [0.1, 0.15) is 0 Å². The zero-order valence-electron chi connectivity index (χ0n) is 6.90. The second-order valence-corrected chi connectivity index (χ2v) is 3.37. The van der Waals surface area contributed by atoms with Crippen LogP contribution in [0.1, 0.15) is 18.9 Å². The van der Waals surface area contributed by atoms with Crippen LogP contribution in [0, 0.1) is 0 Å². The van der Waals surface area contributed by atoms with Crippen LogP contribution in [0.3, 0.4) is 0 Å². The molecule has 0 atom stereocenters. The number of benzene rings is 1. The van der Waals surface area contributed by atoms with Crippen LogP contribution in [-0.2, 0) is 0 Å². The lowest BCUT2D eigenvalue weighted by atomic mass is 10.1. The molecule has 0 aliphatic heterocycles. The van der Waals surface area contributed by atoms with Gasteiger partial charge in [-0.05, 0) is 24.1 Å². The van der Waals surface area contributed by atoms with Crippen molar-refractivity contribution in [1.82, 2.24) is 0 Å². The Hall–Kier alpha value is -0.460. The Morgan fingerprint density at radius 1 is 1.33 bits per heavy atom. The van der Waals surface area contributed by atoms with E-state index in [2.05, 4.69) is 6.58 Å². The van der Waals surface area contributed by atoms with Crippen LogP contribution in [0.15, 0.2) is 24.8 Å². The number of halogens is 2. The van der Waals surface area contributed by atoms with Crippen LogP contribution in [-0.4, -0.2) is 0 Å². The van der Waals surface area contributed by atoms with Gasteiger partial charge in [-0.25, -0.2) is 0 Å². The molecular formula is C10H10Cl2. The van der Waals surface area contributed by atoms with Gasteiger partial charge in [0.05, 0.1) is 0 Å². The van der Waals surface area contributed by atoms with Gasteiger partial charge in [0.2, 0.25) is 0 Å². The molecule has 1 aromatic rings. The zero-order chi connectivity index (χ0) is 9.14. The lowest BCUT2D eigenvalue weighted by molar-refractivity contribution is 1.24. The monoisotopic (exact) mass is 200 g/mol. The fraction of sp³-hybridized carbons (Fsp3) is 0.200. The number of allylic oxidation sites excluding steroid dienone is 1. The first kappa shape index (κ1) is 9.63. The Bertz CT molecular complexity index is 282. The lowest BCUT2D eigenvalue weighted by Gasteiger charge is -2.07. The summed E-state index contributed by atoms with van der Waals surface area (Å²) in [6.07, 6.45) is 0.865.